The number of ether oxygens (including phenoxy) is 1. The average molecular weight is 415 g/mol. The molecule has 29 heavy (non-hydrogen) atoms. The highest BCUT2D eigenvalue weighted by Crippen LogP contribution is 2.20. The van der Waals surface area contributed by atoms with Crippen LogP contribution in [0.15, 0.2) is 47.8 Å². The number of benzene rings is 1. The van der Waals surface area contributed by atoms with Gasteiger partial charge in [-0.25, -0.2) is 9.18 Å². The van der Waals surface area contributed by atoms with E-state index in [4.69, 9.17) is 4.74 Å². The van der Waals surface area contributed by atoms with Crippen LogP contribution in [0.5, 0.6) is 0 Å². The Bertz CT molecular complexity index is 978. The summed E-state index contributed by atoms with van der Waals surface area (Å²) in [5.41, 5.74) is 3.17. The molecule has 0 aliphatic rings. The normalized spacial score (nSPS) is 10.7. The van der Waals surface area contributed by atoms with Crippen LogP contribution in [0.25, 0.3) is 0 Å². The molecule has 3 aromatic rings. The second-order valence-corrected chi connectivity index (χ2v) is 7.79. The number of rotatable bonds is 8. The number of hydrogen-bond acceptors (Lipinski definition) is 4. The van der Waals surface area contributed by atoms with Gasteiger partial charge < -0.3 is 14.6 Å². The summed E-state index contributed by atoms with van der Waals surface area (Å²) in [6.45, 7) is 4.57. The van der Waals surface area contributed by atoms with Crippen molar-refractivity contribution in [2.45, 2.75) is 26.8 Å². The Hall–Kier alpha value is -2.93. The number of aryl methyl sites for hydroxylation is 1. The van der Waals surface area contributed by atoms with E-state index >= 15 is 0 Å². The van der Waals surface area contributed by atoms with Crippen LogP contribution in [-0.4, -0.2) is 29.6 Å². The lowest BCUT2D eigenvalue weighted by Gasteiger charge is -2.09. The van der Waals surface area contributed by atoms with Crippen LogP contribution in [0.1, 0.15) is 32.2 Å². The maximum absolute atomic E-state index is 12.9. The number of esters is 1. The predicted molar refractivity (Wildman–Crippen MR) is 111 cm³/mol. The van der Waals surface area contributed by atoms with E-state index in [1.807, 2.05) is 25.3 Å². The first-order valence-corrected chi connectivity index (χ1v) is 10.2. The summed E-state index contributed by atoms with van der Waals surface area (Å²) in [5, 5.41) is 4.72. The van der Waals surface area contributed by atoms with Gasteiger partial charge in [0.25, 0.3) is 5.91 Å². The summed E-state index contributed by atoms with van der Waals surface area (Å²) >= 11 is 1.67. The Balaban J connectivity index is 1.48. The molecule has 2 aromatic heterocycles. The minimum atomic E-state index is -0.510. The van der Waals surface area contributed by atoms with Gasteiger partial charge in [0.05, 0.1) is 12.1 Å². The molecule has 0 spiro atoms. The third-order valence-electron chi connectivity index (χ3n) is 4.67. The molecule has 1 N–H and O–H groups in total. The van der Waals surface area contributed by atoms with Crippen LogP contribution in [-0.2, 0) is 22.5 Å². The highest BCUT2D eigenvalue weighted by molar-refractivity contribution is 7.09. The van der Waals surface area contributed by atoms with Crippen LogP contribution in [0.4, 0.5) is 4.39 Å². The zero-order valence-electron chi connectivity index (χ0n) is 16.4. The number of amides is 1. The van der Waals surface area contributed by atoms with Gasteiger partial charge in [-0.15, -0.1) is 11.3 Å². The Morgan fingerprint density at radius 2 is 1.93 bits per heavy atom. The van der Waals surface area contributed by atoms with E-state index in [-0.39, 0.29) is 18.3 Å². The number of thiophene rings is 1. The fraction of sp³-hybridized carbons (Fsp3) is 0.273. The van der Waals surface area contributed by atoms with Crippen molar-refractivity contribution in [2.75, 3.05) is 13.2 Å². The van der Waals surface area contributed by atoms with Crippen LogP contribution >= 0.6 is 11.3 Å². The molecule has 2 heterocycles. The first kappa shape index (κ1) is 20.8. The van der Waals surface area contributed by atoms with Gasteiger partial charge in [-0.05, 0) is 55.5 Å². The van der Waals surface area contributed by atoms with Crippen molar-refractivity contribution >= 4 is 23.2 Å². The number of aromatic nitrogens is 1. The summed E-state index contributed by atoms with van der Waals surface area (Å²) in [6.07, 6.45) is 0.573. The number of hydrogen-bond donors (Lipinski definition) is 1. The standard InChI is InChI=1S/C22H23FN2O3S/c1-15-12-20(16(2)25(15)13-19-4-3-11-29-19)22(27)28-14-21(26)24-10-9-17-5-7-18(23)8-6-17/h3-8,11-12H,9-10,13-14H2,1-2H3,(H,24,26). The highest BCUT2D eigenvalue weighted by Gasteiger charge is 2.18. The quantitative estimate of drug-likeness (QED) is 0.569. The summed E-state index contributed by atoms with van der Waals surface area (Å²) in [7, 11) is 0. The van der Waals surface area contributed by atoms with Crippen molar-refractivity contribution in [2.24, 2.45) is 0 Å². The van der Waals surface area contributed by atoms with Crippen molar-refractivity contribution in [3.05, 3.63) is 81.1 Å². The molecule has 0 saturated carbocycles. The third-order valence-corrected chi connectivity index (χ3v) is 5.53. The fourth-order valence-corrected chi connectivity index (χ4v) is 3.76. The number of carbonyl (C=O) groups excluding carboxylic acids is 2. The van der Waals surface area contributed by atoms with Crippen molar-refractivity contribution in [3.63, 3.8) is 0 Å². The maximum Gasteiger partial charge on any atom is 0.340 e. The smallest absolute Gasteiger partial charge is 0.340 e. The van der Waals surface area contributed by atoms with Crippen molar-refractivity contribution in [1.29, 1.82) is 0 Å². The van der Waals surface area contributed by atoms with Crippen molar-refractivity contribution in [1.82, 2.24) is 9.88 Å². The molecular formula is C22H23FN2O3S. The fourth-order valence-electron chi connectivity index (χ4n) is 3.07. The Morgan fingerprint density at radius 1 is 1.17 bits per heavy atom. The first-order valence-electron chi connectivity index (χ1n) is 9.31. The SMILES string of the molecule is Cc1cc(C(=O)OCC(=O)NCCc2ccc(F)cc2)c(C)n1Cc1cccs1. The van der Waals surface area contributed by atoms with Gasteiger partial charge in [0.2, 0.25) is 0 Å². The largest absolute Gasteiger partial charge is 0.452 e. The van der Waals surface area contributed by atoms with Gasteiger partial charge in [-0.2, -0.15) is 0 Å². The molecule has 5 nitrogen and oxygen atoms in total. The minimum Gasteiger partial charge on any atom is -0.452 e. The van der Waals surface area contributed by atoms with Crippen molar-refractivity contribution < 1.29 is 18.7 Å². The van der Waals surface area contributed by atoms with Crippen LogP contribution < -0.4 is 5.32 Å². The molecule has 0 atom stereocenters. The topological polar surface area (TPSA) is 60.3 Å². The van der Waals surface area contributed by atoms with Crippen LogP contribution in [0.2, 0.25) is 0 Å². The number of carbonyl (C=O) groups is 2. The molecule has 0 unspecified atom stereocenters. The molecular weight excluding hydrogens is 391 g/mol. The zero-order chi connectivity index (χ0) is 20.8. The average Bonchev–Trinajstić information content (AvgIpc) is 3.31. The number of halogens is 1. The van der Waals surface area contributed by atoms with Gasteiger partial charge in [-0.3, -0.25) is 4.79 Å². The molecule has 7 heteroatoms. The van der Waals surface area contributed by atoms with E-state index in [0.717, 1.165) is 17.0 Å². The molecule has 0 fully saturated rings. The molecule has 0 saturated heterocycles. The van der Waals surface area contributed by atoms with E-state index in [9.17, 15) is 14.0 Å². The molecule has 3 rings (SSSR count). The Kier molecular flexibility index (Phi) is 6.82. The zero-order valence-corrected chi connectivity index (χ0v) is 17.2. The maximum atomic E-state index is 12.9. The molecule has 1 aromatic carbocycles. The van der Waals surface area contributed by atoms with E-state index in [1.165, 1.54) is 17.0 Å². The summed E-state index contributed by atoms with van der Waals surface area (Å²) in [6, 6.07) is 12.0. The number of nitrogens with one attached hydrogen (secondary N) is 1. The monoisotopic (exact) mass is 414 g/mol. The molecule has 152 valence electrons. The lowest BCUT2D eigenvalue weighted by Crippen LogP contribution is -2.30. The number of nitrogens with zero attached hydrogens (tertiary/aromatic N) is 1. The van der Waals surface area contributed by atoms with Gasteiger partial charge in [-0.1, -0.05) is 18.2 Å². The second kappa shape index (κ2) is 9.52. The van der Waals surface area contributed by atoms with Gasteiger partial charge in [0, 0.05) is 22.8 Å². The Morgan fingerprint density at radius 3 is 2.62 bits per heavy atom. The van der Waals surface area contributed by atoms with Gasteiger partial charge >= 0.3 is 5.97 Å². The third kappa shape index (κ3) is 5.54. The summed E-state index contributed by atoms with van der Waals surface area (Å²) in [5.74, 6) is -1.17. The predicted octanol–water partition coefficient (Wildman–Crippen LogP) is 3.87. The van der Waals surface area contributed by atoms with E-state index in [1.54, 1.807) is 29.5 Å². The van der Waals surface area contributed by atoms with Crippen LogP contribution in [0.3, 0.4) is 0 Å². The van der Waals surface area contributed by atoms with E-state index in [2.05, 4.69) is 16.0 Å². The molecule has 0 bridgehead atoms. The highest BCUT2D eigenvalue weighted by atomic mass is 32.1. The van der Waals surface area contributed by atoms with E-state index in [0.29, 0.717) is 25.1 Å². The van der Waals surface area contributed by atoms with Crippen molar-refractivity contribution in [3.8, 4) is 0 Å². The molecule has 1 amide bonds. The lowest BCUT2D eigenvalue weighted by atomic mass is 10.1. The lowest BCUT2D eigenvalue weighted by molar-refractivity contribution is -0.124. The minimum absolute atomic E-state index is 0.292. The van der Waals surface area contributed by atoms with E-state index < -0.39 is 5.97 Å². The summed E-state index contributed by atoms with van der Waals surface area (Å²) < 4.78 is 20.1. The second-order valence-electron chi connectivity index (χ2n) is 6.75. The van der Waals surface area contributed by atoms with Crippen LogP contribution in [0, 0.1) is 19.7 Å². The first-order chi connectivity index (χ1) is 13.9. The Labute approximate surface area is 173 Å². The summed E-state index contributed by atoms with van der Waals surface area (Å²) in [4.78, 5) is 25.6. The molecule has 0 aliphatic heterocycles. The molecule has 0 radical (unpaired) electrons. The van der Waals surface area contributed by atoms with Gasteiger partial charge in [0.1, 0.15) is 5.82 Å². The molecule has 0 aliphatic carbocycles. The van der Waals surface area contributed by atoms with Gasteiger partial charge in [0.15, 0.2) is 6.61 Å².